The zero-order valence-electron chi connectivity index (χ0n) is 12.2. The van der Waals surface area contributed by atoms with Gasteiger partial charge in [-0.1, -0.05) is 25.5 Å². The molecule has 0 aliphatic heterocycles. The van der Waals surface area contributed by atoms with E-state index in [9.17, 15) is 9.59 Å². The predicted octanol–water partition coefficient (Wildman–Crippen LogP) is 2.90. The minimum absolute atomic E-state index is 0.0432. The van der Waals surface area contributed by atoms with Crippen LogP contribution in [0.1, 0.15) is 32.3 Å². The van der Waals surface area contributed by atoms with Gasteiger partial charge in [0.1, 0.15) is 11.6 Å². The molecule has 0 aliphatic rings. The highest BCUT2D eigenvalue weighted by Gasteiger charge is 2.10. The molecule has 0 aromatic heterocycles. The van der Waals surface area contributed by atoms with Gasteiger partial charge >= 0.3 is 5.97 Å². The van der Waals surface area contributed by atoms with E-state index in [4.69, 9.17) is 10.00 Å². The van der Waals surface area contributed by atoms with Crippen LogP contribution in [0, 0.1) is 11.3 Å². The van der Waals surface area contributed by atoms with Crippen molar-refractivity contribution in [1.82, 2.24) is 0 Å². The summed E-state index contributed by atoms with van der Waals surface area (Å²) in [5.74, 6) is -0.771. The number of nitrogens with one attached hydrogen (secondary N) is 1. The number of hydrogen-bond donors (Lipinski definition) is 1. The second kappa shape index (κ2) is 8.54. The first-order valence-corrected chi connectivity index (χ1v) is 6.73. The third kappa shape index (κ3) is 5.91. The molecule has 0 spiro atoms. The van der Waals surface area contributed by atoms with Gasteiger partial charge in [-0.15, -0.1) is 0 Å². The number of rotatable bonds is 6. The molecule has 1 amide bonds. The minimum atomic E-state index is -0.614. The van der Waals surface area contributed by atoms with Crippen LogP contribution in [0.2, 0.25) is 0 Å². The number of benzene rings is 1. The lowest BCUT2D eigenvalue weighted by atomic mass is 10.1. The van der Waals surface area contributed by atoms with E-state index >= 15 is 0 Å². The Labute approximate surface area is 124 Å². The Morgan fingerprint density at radius 2 is 2.00 bits per heavy atom. The number of carbonyl (C=O) groups excluding carboxylic acids is 2. The number of carbonyl (C=O) groups is 2. The van der Waals surface area contributed by atoms with Gasteiger partial charge in [0.2, 0.25) is 5.91 Å². The van der Waals surface area contributed by atoms with E-state index in [1.165, 1.54) is 13.0 Å². The van der Waals surface area contributed by atoms with Crippen molar-refractivity contribution in [2.75, 3.05) is 11.9 Å². The molecular weight excluding hydrogens is 268 g/mol. The summed E-state index contributed by atoms with van der Waals surface area (Å²) in [6.45, 7) is 3.73. The van der Waals surface area contributed by atoms with Crippen LogP contribution in [0.4, 0.5) is 5.69 Å². The largest absolute Gasteiger partial charge is 0.462 e. The number of amides is 1. The molecule has 1 rings (SSSR count). The zero-order valence-corrected chi connectivity index (χ0v) is 12.2. The Morgan fingerprint density at radius 1 is 1.33 bits per heavy atom. The van der Waals surface area contributed by atoms with Crippen LogP contribution < -0.4 is 5.32 Å². The van der Waals surface area contributed by atoms with Gasteiger partial charge in [0.25, 0.3) is 0 Å². The number of anilines is 1. The smallest absolute Gasteiger partial charge is 0.348 e. The molecule has 21 heavy (non-hydrogen) atoms. The molecule has 5 heteroatoms. The van der Waals surface area contributed by atoms with E-state index in [0.717, 1.165) is 12.8 Å². The number of nitriles is 1. The van der Waals surface area contributed by atoms with Crippen LogP contribution >= 0.6 is 0 Å². The highest BCUT2D eigenvalue weighted by molar-refractivity contribution is 5.98. The summed E-state index contributed by atoms with van der Waals surface area (Å²) < 4.78 is 5.00. The Morgan fingerprint density at radius 3 is 2.52 bits per heavy atom. The molecule has 0 aliphatic carbocycles. The second-order valence-corrected chi connectivity index (χ2v) is 4.46. The summed E-state index contributed by atoms with van der Waals surface area (Å²) in [6, 6.07) is 8.66. The molecule has 5 nitrogen and oxygen atoms in total. The van der Waals surface area contributed by atoms with Crippen LogP contribution in [0.15, 0.2) is 29.8 Å². The first-order chi connectivity index (χ1) is 10.1. The van der Waals surface area contributed by atoms with Crippen molar-refractivity contribution in [2.24, 2.45) is 0 Å². The third-order valence-corrected chi connectivity index (χ3v) is 2.61. The van der Waals surface area contributed by atoms with Crippen molar-refractivity contribution < 1.29 is 14.3 Å². The molecule has 0 fully saturated rings. The van der Waals surface area contributed by atoms with Crippen molar-refractivity contribution in [1.29, 1.82) is 5.26 Å². The summed E-state index contributed by atoms with van der Waals surface area (Å²) in [5, 5.41) is 11.7. The molecule has 0 radical (unpaired) electrons. The maximum Gasteiger partial charge on any atom is 0.348 e. The molecular formula is C16H18N2O3. The second-order valence-electron chi connectivity index (χ2n) is 4.46. The van der Waals surface area contributed by atoms with Crippen LogP contribution in [-0.2, 0) is 14.3 Å². The summed E-state index contributed by atoms with van der Waals surface area (Å²) in [4.78, 5) is 22.6. The molecule has 1 N–H and O–H groups in total. The summed E-state index contributed by atoms with van der Waals surface area (Å²) in [7, 11) is 0. The van der Waals surface area contributed by atoms with Crippen LogP contribution in [-0.4, -0.2) is 18.5 Å². The molecule has 110 valence electrons. The monoisotopic (exact) mass is 286 g/mol. The predicted molar refractivity (Wildman–Crippen MR) is 80.2 cm³/mol. The highest BCUT2D eigenvalue weighted by Crippen LogP contribution is 2.13. The summed E-state index contributed by atoms with van der Waals surface area (Å²) in [6.07, 6.45) is 3.16. The number of nitrogens with zero attached hydrogens (tertiary/aromatic N) is 1. The van der Waals surface area contributed by atoms with Crippen molar-refractivity contribution in [3.05, 3.63) is 35.4 Å². The molecule has 0 bridgehead atoms. The molecule has 1 aromatic carbocycles. The number of esters is 1. The first kappa shape index (κ1) is 16.4. The third-order valence-electron chi connectivity index (χ3n) is 2.61. The fourth-order valence-electron chi connectivity index (χ4n) is 1.56. The average Bonchev–Trinajstić information content (AvgIpc) is 2.46. The fourth-order valence-corrected chi connectivity index (χ4v) is 1.56. The van der Waals surface area contributed by atoms with E-state index in [2.05, 4.69) is 5.32 Å². The van der Waals surface area contributed by atoms with Gasteiger partial charge in [0.15, 0.2) is 0 Å². The van der Waals surface area contributed by atoms with Crippen LogP contribution in [0.5, 0.6) is 0 Å². The highest BCUT2D eigenvalue weighted by atomic mass is 16.5. The molecule has 1 aromatic rings. The van der Waals surface area contributed by atoms with E-state index in [-0.39, 0.29) is 11.5 Å². The summed E-state index contributed by atoms with van der Waals surface area (Å²) in [5.41, 5.74) is 1.30. The molecule has 0 saturated heterocycles. The Bertz CT molecular complexity index is 568. The van der Waals surface area contributed by atoms with Crippen molar-refractivity contribution in [3.63, 3.8) is 0 Å². The van der Waals surface area contributed by atoms with Crippen LogP contribution in [0.25, 0.3) is 6.08 Å². The average molecular weight is 286 g/mol. The van der Waals surface area contributed by atoms with Gasteiger partial charge in [-0.3, -0.25) is 4.79 Å². The fraction of sp³-hybridized carbons (Fsp3) is 0.312. The van der Waals surface area contributed by atoms with Gasteiger partial charge in [-0.25, -0.2) is 4.79 Å². The first-order valence-electron chi connectivity index (χ1n) is 6.73. The normalized spacial score (nSPS) is 10.6. The molecule has 0 saturated carbocycles. The SMILES string of the molecule is CCCCOC(=O)C(C#N)=Cc1ccc(NC(C)=O)cc1. The van der Waals surface area contributed by atoms with Gasteiger partial charge in [0.05, 0.1) is 6.61 Å². The lowest BCUT2D eigenvalue weighted by Crippen LogP contribution is -2.08. The quantitative estimate of drug-likeness (QED) is 0.377. The Balaban J connectivity index is 2.76. The van der Waals surface area contributed by atoms with Crippen molar-refractivity contribution >= 4 is 23.6 Å². The lowest BCUT2D eigenvalue weighted by molar-refractivity contribution is -0.138. The number of ether oxygens (including phenoxy) is 1. The Hall–Kier alpha value is -2.61. The maximum absolute atomic E-state index is 11.7. The van der Waals surface area contributed by atoms with Gasteiger partial charge < -0.3 is 10.1 Å². The summed E-state index contributed by atoms with van der Waals surface area (Å²) >= 11 is 0. The topological polar surface area (TPSA) is 79.2 Å². The molecule has 0 heterocycles. The van der Waals surface area contributed by atoms with E-state index < -0.39 is 5.97 Å². The number of hydrogen-bond acceptors (Lipinski definition) is 4. The van der Waals surface area contributed by atoms with Crippen molar-refractivity contribution in [2.45, 2.75) is 26.7 Å². The van der Waals surface area contributed by atoms with Gasteiger partial charge in [-0.2, -0.15) is 5.26 Å². The van der Waals surface area contributed by atoms with Gasteiger partial charge in [0, 0.05) is 12.6 Å². The minimum Gasteiger partial charge on any atom is -0.462 e. The lowest BCUT2D eigenvalue weighted by Gasteiger charge is -2.04. The standard InChI is InChI=1S/C16H18N2O3/c1-3-4-9-21-16(20)14(11-17)10-13-5-7-15(8-6-13)18-12(2)19/h5-8,10H,3-4,9H2,1-2H3,(H,18,19). The van der Waals surface area contributed by atoms with E-state index in [0.29, 0.717) is 17.9 Å². The Kier molecular flexibility index (Phi) is 6.69. The maximum atomic E-state index is 11.7. The zero-order chi connectivity index (χ0) is 15.7. The molecule has 0 atom stereocenters. The van der Waals surface area contributed by atoms with Crippen LogP contribution in [0.3, 0.4) is 0 Å². The van der Waals surface area contributed by atoms with E-state index in [1.807, 2.05) is 13.0 Å². The van der Waals surface area contributed by atoms with Crippen molar-refractivity contribution in [3.8, 4) is 6.07 Å². The van der Waals surface area contributed by atoms with E-state index in [1.54, 1.807) is 24.3 Å². The number of unbranched alkanes of at least 4 members (excludes halogenated alkanes) is 1. The molecule has 0 unspecified atom stereocenters. The van der Waals surface area contributed by atoms with Gasteiger partial charge in [-0.05, 0) is 30.2 Å².